The molecule has 0 atom stereocenters. The van der Waals surface area contributed by atoms with Crippen LogP contribution in [0.3, 0.4) is 0 Å². The van der Waals surface area contributed by atoms with Crippen LogP contribution in [-0.2, 0) is 11.2 Å². The number of hydrogen-bond acceptors (Lipinski definition) is 3. The third-order valence-electron chi connectivity index (χ3n) is 4.00. The fraction of sp³-hybridized carbons (Fsp3) is 0.200. The van der Waals surface area contributed by atoms with Crippen LogP contribution in [0.2, 0.25) is 0 Å². The molecule has 2 aromatic rings. The maximum Gasteiger partial charge on any atom is 0.306 e. The SMILES string of the molecule is O=C(O)CCOc1cccc(/C=C2/CCc3ccccc3C2=O)c1. The van der Waals surface area contributed by atoms with E-state index < -0.39 is 5.97 Å². The molecular weight excluding hydrogens is 304 g/mol. The predicted molar refractivity (Wildman–Crippen MR) is 91.3 cm³/mol. The Labute approximate surface area is 140 Å². The molecule has 1 aliphatic rings. The Kier molecular flexibility index (Phi) is 4.75. The van der Waals surface area contributed by atoms with Crippen molar-refractivity contribution in [3.63, 3.8) is 0 Å². The van der Waals surface area contributed by atoms with Crippen LogP contribution in [0, 0.1) is 0 Å². The Balaban J connectivity index is 1.77. The van der Waals surface area contributed by atoms with Gasteiger partial charge in [0, 0.05) is 11.1 Å². The quantitative estimate of drug-likeness (QED) is 0.852. The normalized spacial score (nSPS) is 15.2. The molecule has 0 radical (unpaired) electrons. The van der Waals surface area contributed by atoms with E-state index in [2.05, 4.69) is 0 Å². The minimum atomic E-state index is -0.889. The van der Waals surface area contributed by atoms with Crippen molar-refractivity contribution in [2.24, 2.45) is 0 Å². The third-order valence-corrected chi connectivity index (χ3v) is 4.00. The number of ether oxygens (including phenoxy) is 1. The molecule has 2 aromatic carbocycles. The largest absolute Gasteiger partial charge is 0.493 e. The Hall–Kier alpha value is -2.88. The molecule has 0 heterocycles. The van der Waals surface area contributed by atoms with E-state index in [1.807, 2.05) is 48.5 Å². The lowest BCUT2D eigenvalue weighted by atomic mass is 9.86. The summed E-state index contributed by atoms with van der Waals surface area (Å²) in [7, 11) is 0. The van der Waals surface area contributed by atoms with Crippen LogP contribution >= 0.6 is 0 Å². The number of rotatable bonds is 5. The van der Waals surface area contributed by atoms with E-state index in [9.17, 15) is 9.59 Å². The maximum atomic E-state index is 12.6. The monoisotopic (exact) mass is 322 g/mol. The Morgan fingerprint density at radius 3 is 2.79 bits per heavy atom. The van der Waals surface area contributed by atoms with Crippen molar-refractivity contribution >= 4 is 17.8 Å². The van der Waals surface area contributed by atoms with Crippen molar-refractivity contribution in [3.8, 4) is 5.75 Å². The number of carbonyl (C=O) groups is 2. The summed E-state index contributed by atoms with van der Waals surface area (Å²) in [5, 5.41) is 8.64. The van der Waals surface area contributed by atoms with Gasteiger partial charge < -0.3 is 9.84 Å². The van der Waals surface area contributed by atoms with Gasteiger partial charge in [0.15, 0.2) is 5.78 Å². The average Bonchev–Trinajstić information content (AvgIpc) is 2.58. The van der Waals surface area contributed by atoms with Crippen LogP contribution in [0.25, 0.3) is 6.08 Å². The number of Topliss-reactive ketones (excluding diaryl/α,β-unsaturated/α-hetero) is 1. The van der Waals surface area contributed by atoms with Gasteiger partial charge in [-0.05, 0) is 42.2 Å². The maximum absolute atomic E-state index is 12.6. The molecule has 0 saturated carbocycles. The molecule has 0 saturated heterocycles. The summed E-state index contributed by atoms with van der Waals surface area (Å²) >= 11 is 0. The lowest BCUT2D eigenvalue weighted by Crippen LogP contribution is -2.13. The summed E-state index contributed by atoms with van der Waals surface area (Å²) in [6, 6.07) is 15.1. The number of allylic oxidation sites excluding steroid dienone is 1. The van der Waals surface area contributed by atoms with Gasteiger partial charge in [-0.1, -0.05) is 36.4 Å². The van der Waals surface area contributed by atoms with E-state index in [0.717, 1.165) is 35.1 Å². The van der Waals surface area contributed by atoms with Crippen molar-refractivity contribution in [3.05, 3.63) is 70.8 Å². The van der Waals surface area contributed by atoms with Crippen molar-refractivity contribution in [2.45, 2.75) is 19.3 Å². The van der Waals surface area contributed by atoms with E-state index >= 15 is 0 Å². The topological polar surface area (TPSA) is 63.6 Å². The molecule has 4 heteroatoms. The molecule has 0 aromatic heterocycles. The number of ketones is 1. The van der Waals surface area contributed by atoms with Crippen LogP contribution in [0.1, 0.15) is 34.3 Å². The fourth-order valence-corrected chi connectivity index (χ4v) is 2.80. The smallest absolute Gasteiger partial charge is 0.306 e. The van der Waals surface area contributed by atoms with Crippen molar-refractivity contribution < 1.29 is 19.4 Å². The first kappa shape index (κ1) is 16.0. The number of carboxylic acids is 1. The summed E-state index contributed by atoms with van der Waals surface area (Å²) in [5.74, 6) is -0.206. The molecular formula is C20H18O4. The molecule has 0 fully saturated rings. The lowest BCUT2D eigenvalue weighted by Gasteiger charge is -2.17. The molecule has 0 unspecified atom stereocenters. The van der Waals surface area contributed by atoms with Gasteiger partial charge in [0.25, 0.3) is 0 Å². The molecule has 3 rings (SSSR count). The summed E-state index contributed by atoms with van der Waals surface area (Å²) in [6.07, 6.45) is 3.44. The molecule has 1 N–H and O–H groups in total. The highest BCUT2D eigenvalue weighted by atomic mass is 16.5. The average molecular weight is 322 g/mol. The number of aryl methyl sites for hydroxylation is 1. The fourth-order valence-electron chi connectivity index (χ4n) is 2.80. The molecule has 4 nitrogen and oxygen atoms in total. The van der Waals surface area contributed by atoms with Crippen molar-refractivity contribution in [1.82, 2.24) is 0 Å². The number of carbonyl (C=O) groups excluding carboxylic acids is 1. The van der Waals surface area contributed by atoms with Gasteiger partial charge in [0.05, 0.1) is 13.0 Å². The van der Waals surface area contributed by atoms with Gasteiger partial charge in [-0.2, -0.15) is 0 Å². The number of carboxylic acid groups (broad SMARTS) is 1. The molecule has 122 valence electrons. The van der Waals surface area contributed by atoms with Gasteiger partial charge in [-0.3, -0.25) is 9.59 Å². The molecule has 0 amide bonds. The van der Waals surface area contributed by atoms with Gasteiger partial charge in [0.1, 0.15) is 5.75 Å². The van der Waals surface area contributed by atoms with Crippen LogP contribution in [0.4, 0.5) is 0 Å². The van der Waals surface area contributed by atoms with E-state index in [1.54, 1.807) is 6.07 Å². The van der Waals surface area contributed by atoms with Crippen molar-refractivity contribution in [1.29, 1.82) is 0 Å². The van der Waals surface area contributed by atoms with Gasteiger partial charge in [0.2, 0.25) is 0 Å². The minimum absolute atomic E-state index is 0.0411. The van der Waals surface area contributed by atoms with E-state index in [1.165, 1.54) is 0 Å². The van der Waals surface area contributed by atoms with E-state index in [4.69, 9.17) is 9.84 Å². The van der Waals surface area contributed by atoms with Crippen LogP contribution in [0.15, 0.2) is 54.1 Å². The number of hydrogen-bond donors (Lipinski definition) is 1. The second-order valence-electron chi connectivity index (χ2n) is 5.72. The van der Waals surface area contributed by atoms with Gasteiger partial charge in [-0.25, -0.2) is 0 Å². The lowest BCUT2D eigenvalue weighted by molar-refractivity contribution is -0.137. The number of aliphatic carboxylic acids is 1. The number of fused-ring (bicyclic) bond motifs is 1. The van der Waals surface area contributed by atoms with E-state index in [-0.39, 0.29) is 18.8 Å². The second kappa shape index (κ2) is 7.13. The molecule has 24 heavy (non-hydrogen) atoms. The minimum Gasteiger partial charge on any atom is -0.493 e. The van der Waals surface area contributed by atoms with Gasteiger partial charge >= 0.3 is 5.97 Å². The Bertz CT molecular complexity index is 805. The highest BCUT2D eigenvalue weighted by molar-refractivity contribution is 6.13. The summed E-state index contributed by atoms with van der Waals surface area (Å²) in [5.41, 5.74) is 3.55. The predicted octanol–water partition coefficient (Wildman–Crippen LogP) is 3.75. The van der Waals surface area contributed by atoms with Crippen molar-refractivity contribution in [2.75, 3.05) is 6.61 Å². The first-order chi connectivity index (χ1) is 11.6. The molecule has 0 spiro atoms. The summed E-state index contributed by atoms with van der Waals surface area (Å²) in [4.78, 5) is 23.1. The molecule has 1 aliphatic carbocycles. The Morgan fingerprint density at radius 1 is 1.12 bits per heavy atom. The highest BCUT2D eigenvalue weighted by Gasteiger charge is 2.21. The standard InChI is InChI=1S/C20H18O4/c21-19(22)10-11-24-17-6-3-4-14(13-17)12-16-9-8-15-5-1-2-7-18(15)20(16)23/h1-7,12-13H,8-11H2,(H,21,22)/b16-12-. The van der Waals surface area contributed by atoms with Crippen LogP contribution < -0.4 is 4.74 Å². The zero-order valence-electron chi connectivity index (χ0n) is 13.2. The second-order valence-corrected chi connectivity index (χ2v) is 5.72. The zero-order valence-corrected chi connectivity index (χ0v) is 13.2. The summed E-state index contributed by atoms with van der Waals surface area (Å²) in [6.45, 7) is 0.127. The molecule has 0 aliphatic heterocycles. The van der Waals surface area contributed by atoms with Gasteiger partial charge in [-0.15, -0.1) is 0 Å². The molecule has 0 bridgehead atoms. The first-order valence-corrected chi connectivity index (χ1v) is 7.91. The van der Waals surface area contributed by atoms with E-state index in [0.29, 0.717) is 5.75 Å². The highest BCUT2D eigenvalue weighted by Crippen LogP contribution is 2.27. The van der Waals surface area contributed by atoms with Crippen LogP contribution in [0.5, 0.6) is 5.75 Å². The number of benzene rings is 2. The zero-order chi connectivity index (χ0) is 16.9. The first-order valence-electron chi connectivity index (χ1n) is 7.91. The Morgan fingerprint density at radius 2 is 1.96 bits per heavy atom. The van der Waals surface area contributed by atoms with Crippen LogP contribution in [-0.4, -0.2) is 23.5 Å². The third kappa shape index (κ3) is 3.71. The summed E-state index contributed by atoms with van der Waals surface area (Å²) < 4.78 is 5.43.